The minimum absolute atomic E-state index is 0.662. The Morgan fingerprint density at radius 3 is 3.16 bits per heavy atom. The Morgan fingerprint density at radius 2 is 2.32 bits per heavy atom. The lowest BCUT2D eigenvalue weighted by Gasteiger charge is -2.33. The van der Waals surface area contributed by atoms with Crippen molar-refractivity contribution in [3.8, 4) is 0 Å². The van der Waals surface area contributed by atoms with Crippen LogP contribution in [0.4, 0.5) is 5.69 Å². The zero-order valence-electron chi connectivity index (χ0n) is 11.3. The Labute approximate surface area is 113 Å². The van der Waals surface area contributed by atoms with E-state index in [0.717, 1.165) is 31.9 Å². The third-order valence-corrected chi connectivity index (χ3v) is 3.72. The van der Waals surface area contributed by atoms with Gasteiger partial charge in [-0.1, -0.05) is 18.2 Å². The molecule has 100 valence electrons. The van der Waals surface area contributed by atoms with Gasteiger partial charge in [0.05, 0.1) is 6.54 Å². The molecule has 2 N–H and O–H groups in total. The lowest BCUT2D eigenvalue weighted by atomic mass is 9.93. The average Bonchev–Trinajstić information content (AvgIpc) is 2.92. The van der Waals surface area contributed by atoms with Crippen molar-refractivity contribution in [1.29, 1.82) is 0 Å². The molecule has 1 aliphatic heterocycles. The molecule has 1 aromatic carbocycles. The maximum atomic E-state index is 4.22. The number of para-hydroxylation sites is 1. The molecule has 4 nitrogen and oxygen atoms in total. The van der Waals surface area contributed by atoms with E-state index in [1.807, 2.05) is 6.20 Å². The van der Waals surface area contributed by atoms with Gasteiger partial charge in [0.1, 0.15) is 5.82 Å². The van der Waals surface area contributed by atoms with Crippen LogP contribution in [0, 0.1) is 5.92 Å². The fraction of sp³-hybridized carbons (Fsp3) is 0.400. The molecule has 0 radical (unpaired) electrons. The molecule has 2 aromatic rings. The van der Waals surface area contributed by atoms with Gasteiger partial charge in [0.15, 0.2) is 0 Å². The number of rotatable bonds is 4. The van der Waals surface area contributed by atoms with Gasteiger partial charge in [0.25, 0.3) is 0 Å². The third kappa shape index (κ3) is 2.79. The first-order chi connectivity index (χ1) is 9.33. The molecule has 1 aliphatic rings. The van der Waals surface area contributed by atoms with Crippen LogP contribution in [-0.2, 0) is 13.0 Å². The first-order valence-electron chi connectivity index (χ1n) is 6.81. The predicted molar refractivity (Wildman–Crippen MR) is 77.2 cm³/mol. The summed E-state index contributed by atoms with van der Waals surface area (Å²) in [5, 5.41) is 3.49. The van der Waals surface area contributed by atoms with Gasteiger partial charge in [-0.15, -0.1) is 0 Å². The van der Waals surface area contributed by atoms with Crippen LogP contribution >= 0.6 is 0 Å². The summed E-state index contributed by atoms with van der Waals surface area (Å²) < 4.78 is 0. The number of H-pyrrole nitrogens is 1. The second-order valence-corrected chi connectivity index (χ2v) is 5.25. The second kappa shape index (κ2) is 5.45. The fourth-order valence-electron chi connectivity index (χ4n) is 2.84. The van der Waals surface area contributed by atoms with Gasteiger partial charge in [-0.25, -0.2) is 4.98 Å². The number of nitrogens with zero attached hydrogens (tertiary/aromatic N) is 2. The van der Waals surface area contributed by atoms with Crippen LogP contribution in [0.1, 0.15) is 11.4 Å². The van der Waals surface area contributed by atoms with E-state index in [9.17, 15) is 0 Å². The highest BCUT2D eigenvalue weighted by Crippen LogP contribution is 2.27. The maximum absolute atomic E-state index is 4.22. The van der Waals surface area contributed by atoms with Gasteiger partial charge in [0.2, 0.25) is 0 Å². The SMILES string of the molecule is CN1C[C@H](CNCc2ncc[nH]2)Cc2ccccc21. The van der Waals surface area contributed by atoms with Crippen molar-refractivity contribution in [2.45, 2.75) is 13.0 Å². The van der Waals surface area contributed by atoms with E-state index in [0.29, 0.717) is 5.92 Å². The number of aromatic nitrogens is 2. The zero-order chi connectivity index (χ0) is 13.1. The van der Waals surface area contributed by atoms with Crippen molar-refractivity contribution in [2.24, 2.45) is 5.92 Å². The van der Waals surface area contributed by atoms with Gasteiger partial charge >= 0.3 is 0 Å². The summed E-state index contributed by atoms with van der Waals surface area (Å²) >= 11 is 0. The highest BCUT2D eigenvalue weighted by molar-refractivity contribution is 5.55. The van der Waals surface area contributed by atoms with Crippen LogP contribution in [0.3, 0.4) is 0 Å². The Balaban J connectivity index is 1.56. The van der Waals surface area contributed by atoms with Crippen molar-refractivity contribution in [1.82, 2.24) is 15.3 Å². The average molecular weight is 256 g/mol. The van der Waals surface area contributed by atoms with E-state index in [-0.39, 0.29) is 0 Å². The summed E-state index contributed by atoms with van der Waals surface area (Å²) in [6.45, 7) is 2.95. The molecule has 2 heterocycles. The highest BCUT2D eigenvalue weighted by Gasteiger charge is 2.21. The van der Waals surface area contributed by atoms with Gasteiger partial charge in [-0.2, -0.15) is 0 Å². The molecular weight excluding hydrogens is 236 g/mol. The quantitative estimate of drug-likeness (QED) is 0.877. The van der Waals surface area contributed by atoms with Gasteiger partial charge in [-0.05, 0) is 24.0 Å². The van der Waals surface area contributed by atoms with Crippen LogP contribution in [0.5, 0.6) is 0 Å². The molecule has 0 bridgehead atoms. The number of anilines is 1. The first-order valence-corrected chi connectivity index (χ1v) is 6.81. The largest absolute Gasteiger partial charge is 0.374 e. The Bertz CT molecular complexity index is 521. The zero-order valence-corrected chi connectivity index (χ0v) is 11.3. The lowest BCUT2D eigenvalue weighted by Crippen LogP contribution is -2.37. The molecule has 0 unspecified atom stereocenters. The highest BCUT2D eigenvalue weighted by atomic mass is 15.1. The number of aromatic amines is 1. The number of benzene rings is 1. The van der Waals surface area contributed by atoms with Crippen LogP contribution in [0.15, 0.2) is 36.7 Å². The molecule has 0 amide bonds. The van der Waals surface area contributed by atoms with Crippen LogP contribution < -0.4 is 10.2 Å². The van der Waals surface area contributed by atoms with Crippen LogP contribution in [0.2, 0.25) is 0 Å². The maximum Gasteiger partial charge on any atom is 0.120 e. The van der Waals surface area contributed by atoms with Gasteiger partial charge in [0, 0.05) is 38.2 Å². The molecule has 0 aliphatic carbocycles. The summed E-state index contributed by atoms with van der Waals surface area (Å²) in [5.74, 6) is 1.67. The number of hydrogen-bond donors (Lipinski definition) is 2. The van der Waals surface area contributed by atoms with E-state index in [1.165, 1.54) is 11.3 Å². The second-order valence-electron chi connectivity index (χ2n) is 5.25. The van der Waals surface area contributed by atoms with E-state index in [1.54, 1.807) is 6.20 Å². The topological polar surface area (TPSA) is 44.0 Å². The number of fused-ring (bicyclic) bond motifs is 1. The van der Waals surface area contributed by atoms with Crippen molar-refractivity contribution >= 4 is 5.69 Å². The number of hydrogen-bond acceptors (Lipinski definition) is 3. The van der Waals surface area contributed by atoms with Crippen molar-refractivity contribution < 1.29 is 0 Å². The minimum atomic E-state index is 0.662. The van der Waals surface area contributed by atoms with Crippen molar-refractivity contribution in [3.05, 3.63) is 48.0 Å². The van der Waals surface area contributed by atoms with E-state index >= 15 is 0 Å². The first kappa shape index (κ1) is 12.2. The fourth-order valence-corrected chi connectivity index (χ4v) is 2.84. The minimum Gasteiger partial charge on any atom is -0.374 e. The van der Waals surface area contributed by atoms with Crippen LogP contribution in [-0.4, -0.2) is 30.1 Å². The smallest absolute Gasteiger partial charge is 0.120 e. The molecule has 3 rings (SSSR count). The molecular formula is C15H20N4. The van der Waals surface area contributed by atoms with Crippen molar-refractivity contribution in [2.75, 3.05) is 25.0 Å². The Morgan fingerprint density at radius 1 is 1.42 bits per heavy atom. The molecule has 1 aromatic heterocycles. The van der Waals surface area contributed by atoms with E-state index in [4.69, 9.17) is 0 Å². The summed E-state index contributed by atoms with van der Waals surface area (Å²) in [4.78, 5) is 9.70. The summed E-state index contributed by atoms with van der Waals surface area (Å²) in [7, 11) is 2.18. The standard InChI is InChI=1S/C15H20N4/c1-19-11-12(8-13-4-2-3-5-14(13)19)9-16-10-15-17-6-7-18-15/h2-7,12,16H,8-11H2,1H3,(H,17,18)/t12-/m0/s1. The van der Waals surface area contributed by atoms with E-state index in [2.05, 4.69) is 51.5 Å². The lowest BCUT2D eigenvalue weighted by molar-refractivity contribution is 0.457. The molecule has 0 spiro atoms. The van der Waals surface area contributed by atoms with E-state index < -0.39 is 0 Å². The Hall–Kier alpha value is -1.81. The normalized spacial score (nSPS) is 18.4. The summed E-state index contributed by atoms with van der Waals surface area (Å²) in [6.07, 6.45) is 4.81. The van der Waals surface area contributed by atoms with Gasteiger partial charge in [-0.3, -0.25) is 0 Å². The van der Waals surface area contributed by atoms with Crippen molar-refractivity contribution in [3.63, 3.8) is 0 Å². The monoisotopic (exact) mass is 256 g/mol. The third-order valence-electron chi connectivity index (χ3n) is 3.72. The Kier molecular flexibility index (Phi) is 3.51. The molecule has 0 saturated carbocycles. The van der Waals surface area contributed by atoms with Gasteiger partial charge < -0.3 is 15.2 Å². The molecule has 4 heteroatoms. The number of nitrogens with one attached hydrogen (secondary N) is 2. The summed E-state index contributed by atoms with van der Waals surface area (Å²) in [5.41, 5.74) is 2.84. The molecule has 1 atom stereocenters. The molecule has 0 fully saturated rings. The molecule has 0 saturated heterocycles. The molecule has 19 heavy (non-hydrogen) atoms. The van der Waals surface area contributed by atoms with Crippen LogP contribution in [0.25, 0.3) is 0 Å². The number of imidazole rings is 1. The summed E-state index contributed by atoms with van der Waals surface area (Å²) in [6, 6.07) is 8.70. The predicted octanol–water partition coefficient (Wildman–Crippen LogP) is 1.81.